The molecule has 2 rings (SSSR count). The first-order chi connectivity index (χ1) is 10.9. The third-order valence-electron chi connectivity index (χ3n) is 3.93. The van der Waals surface area contributed by atoms with Crippen LogP contribution in [0, 0.1) is 5.82 Å². The molecule has 2 aromatic carbocycles. The Bertz CT molecular complexity index is 641. The van der Waals surface area contributed by atoms with Crippen molar-refractivity contribution in [1.29, 1.82) is 0 Å². The summed E-state index contributed by atoms with van der Waals surface area (Å²) in [5.41, 5.74) is 0.696. The lowest BCUT2D eigenvalue weighted by Gasteiger charge is -2.30. The van der Waals surface area contributed by atoms with Gasteiger partial charge in [0.25, 0.3) is 0 Å². The molecule has 0 radical (unpaired) electrons. The minimum Gasteiger partial charge on any atom is -0.384 e. The molecule has 4 heteroatoms. The number of aliphatic hydroxyl groups is 1. The van der Waals surface area contributed by atoms with Crippen molar-refractivity contribution >= 4 is 15.9 Å². The van der Waals surface area contributed by atoms with E-state index in [4.69, 9.17) is 0 Å². The SMILES string of the molecule is C=CCC(O)(CNC(C)c1ccc(Br)cc1)c1ccc(F)cc1. The summed E-state index contributed by atoms with van der Waals surface area (Å²) in [7, 11) is 0. The van der Waals surface area contributed by atoms with Crippen LogP contribution in [0.15, 0.2) is 65.7 Å². The second-order valence-corrected chi connectivity index (χ2v) is 6.60. The van der Waals surface area contributed by atoms with E-state index in [1.165, 1.54) is 12.1 Å². The maximum absolute atomic E-state index is 13.1. The Morgan fingerprint density at radius 2 is 1.83 bits per heavy atom. The molecule has 0 amide bonds. The lowest BCUT2D eigenvalue weighted by atomic mass is 9.90. The molecule has 0 aliphatic heterocycles. The molecule has 0 aromatic heterocycles. The largest absolute Gasteiger partial charge is 0.384 e. The van der Waals surface area contributed by atoms with E-state index < -0.39 is 5.60 Å². The molecular formula is C19H21BrFNO. The van der Waals surface area contributed by atoms with E-state index in [-0.39, 0.29) is 11.9 Å². The number of hydrogen-bond acceptors (Lipinski definition) is 2. The van der Waals surface area contributed by atoms with Crippen LogP contribution in [0.25, 0.3) is 0 Å². The maximum Gasteiger partial charge on any atom is 0.123 e. The van der Waals surface area contributed by atoms with Crippen molar-refractivity contribution in [2.24, 2.45) is 0 Å². The lowest BCUT2D eigenvalue weighted by molar-refractivity contribution is 0.0373. The van der Waals surface area contributed by atoms with Gasteiger partial charge in [-0.05, 0) is 48.7 Å². The zero-order chi connectivity index (χ0) is 16.9. The quantitative estimate of drug-likeness (QED) is 0.685. The molecule has 0 aliphatic rings. The van der Waals surface area contributed by atoms with Crippen molar-refractivity contribution in [3.63, 3.8) is 0 Å². The van der Waals surface area contributed by atoms with Crippen LogP contribution in [0.2, 0.25) is 0 Å². The van der Waals surface area contributed by atoms with Crippen LogP contribution in [-0.2, 0) is 5.60 Å². The fourth-order valence-corrected chi connectivity index (χ4v) is 2.75. The number of benzene rings is 2. The minimum atomic E-state index is -1.11. The predicted molar refractivity (Wildman–Crippen MR) is 95.7 cm³/mol. The highest BCUT2D eigenvalue weighted by molar-refractivity contribution is 9.10. The summed E-state index contributed by atoms with van der Waals surface area (Å²) in [6, 6.07) is 14.1. The molecule has 2 unspecified atom stereocenters. The predicted octanol–water partition coefficient (Wildman–Crippen LogP) is 4.70. The van der Waals surface area contributed by atoms with Gasteiger partial charge in [-0.15, -0.1) is 6.58 Å². The minimum absolute atomic E-state index is 0.0832. The number of rotatable bonds is 7. The van der Waals surface area contributed by atoms with Gasteiger partial charge in [0.2, 0.25) is 0 Å². The number of hydrogen-bond donors (Lipinski definition) is 2. The highest BCUT2D eigenvalue weighted by atomic mass is 79.9. The van der Waals surface area contributed by atoms with E-state index >= 15 is 0 Å². The van der Waals surface area contributed by atoms with Crippen LogP contribution < -0.4 is 5.32 Å². The summed E-state index contributed by atoms with van der Waals surface area (Å²) in [6.07, 6.45) is 2.06. The Balaban J connectivity index is 2.11. The van der Waals surface area contributed by atoms with Gasteiger partial charge in [-0.2, -0.15) is 0 Å². The molecule has 2 atom stereocenters. The van der Waals surface area contributed by atoms with E-state index in [2.05, 4.69) is 27.8 Å². The first-order valence-corrected chi connectivity index (χ1v) is 8.32. The molecule has 122 valence electrons. The highest BCUT2D eigenvalue weighted by Crippen LogP contribution is 2.26. The molecule has 0 saturated heterocycles. The zero-order valence-corrected chi connectivity index (χ0v) is 14.7. The molecule has 0 bridgehead atoms. The Morgan fingerprint density at radius 3 is 2.39 bits per heavy atom. The molecule has 0 saturated carbocycles. The van der Waals surface area contributed by atoms with E-state index in [0.29, 0.717) is 18.5 Å². The summed E-state index contributed by atoms with van der Waals surface area (Å²) in [6.45, 7) is 6.11. The van der Waals surface area contributed by atoms with Crippen LogP contribution in [0.3, 0.4) is 0 Å². The van der Waals surface area contributed by atoms with Gasteiger partial charge in [0, 0.05) is 17.1 Å². The Morgan fingerprint density at radius 1 is 1.22 bits per heavy atom. The topological polar surface area (TPSA) is 32.3 Å². The van der Waals surface area contributed by atoms with Crippen molar-refractivity contribution in [2.45, 2.75) is 25.0 Å². The molecule has 0 spiro atoms. The van der Waals surface area contributed by atoms with E-state index in [1.807, 2.05) is 31.2 Å². The van der Waals surface area contributed by atoms with E-state index in [0.717, 1.165) is 10.0 Å². The molecule has 0 fully saturated rings. The van der Waals surface area contributed by atoms with Crippen molar-refractivity contribution in [3.8, 4) is 0 Å². The summed E-state index contributed by atoms with van der Waals surface area (Å²) >= 11 is 3.42. The fourth-order valence-electron chi connectivity index (χ4n) is 2.48. The van der Waals surface area contributed by atoms with Crippen LogP contribution in [-0.4, -0.2) is 11.7 Å². The third kappa shape index (κ3) is 4.74. The summed E-state index contributed by atoms with van der Waals surface area (Å²) in [4.78, 5) is 0. The maximum atomic E-state index is 13.1. The average molecular weight is 378 g/mol. The van der Waals surface area contributed by atoms with Gasteiger partial charge in [-0.25, -0.2) is 4.39 Å². The van der Waals surface area contributed by atoms with Crippen molar-refractivity contribution in [3.05, 3.63) is 82.6 Å². The fraction of sp³-hybridized carbons (Fsp3) is 0.263. The summed E-state index contributed by atoms with van der Waals surface area (Å²) < 4.78 is 14.1. The van der Waals surface area contributed by atoms with Crippen molar-refractivity contribution in [2.75, 3.05) is 6.54 Å². The van der Waals surface area contributed by atoms with Crippen LogP contribution in [0.5, 0.6) is 0 Å². The van der Waals surface area contributed by atoms with Gasteiger partial charge in [0.05, 0.1) is 0 Å². The third-order valence-corrected chi connectivity index (χ3v) is 4.46. The van der Waals surface area contributed by atoms with Gasteiger partial charge in [-0.1, -0.05) is 46.3 Å². The summed E-state index contributed by atoms with van der Waals surface area (Å²) in [5, 5.41) is 14.3. The molecule has 0 aliphatic carbocycles. The second-order valence-electron chi connectivity index (χ2n) is 5.69. The van der Waals surface area contributed by atoms with Gasteiger partial charge in [-0.3, -0.25) is 0 Å². The van der Waals surface area contributed by atoms with Gasteiger partial charge >= 0.3 is 0 Å². The normalized spacial score (nSPS) is 15.0. The molecular weight excluding hydrogens is 357 g/mol. The first kappa shape index (κ1) is 17.9. The van der Waals surface area contributed by atoms with Gasteiger partial charge in [0.15, 0.2) is 0 Å². The van der Waals surface area contributed by atoms with Crippen molar-refractivity contribution in [1.82, 2.24) is 5.32 Å². The summed E-state index contributed by atoms with van der Waals surface area (Å²) in [5.74, 6) is -0.314. The molecule has 2 aromatic rings. The van der Waals surface area contributed by atoms with Gasteiger partial charge in [0.1, 0.15) is 11.4 Å². The number of halogens is 2. The van der Waals surface area contributed by atoms with Crippen LogP contribution in [0.1, 0.15) is 30.5 Å². The standard InChI is InChI=1S/C19H21BrFNO/c1-3-12-19(23,16-6-10-18(21)11-7-16)13-22-14(2)15-4-8-17(20)9-5-15/h3-11,14,22-23H,1,12-13H2,2H3. The highest BCUT2D eigenvalue weighted by Gasteiger charge is 2.28. The van der Waals surface area contributed by atoms with Crippen LogP contribution >= 0.6 is 15.9 Å². The van der Waals surface area contributed by atoms with Gasteiger partial charge < -0.3 is 10.4 Å². The molecule has 2 N–H and O–H groups in total. The monoisotopic (exact) mass is 377 g/mol. The molecule has 0 heterocycles. The molecule has 2 nitrogen and oxygen atoms in total. The Hall–Kier alpha value is -1.49. The van der Waals surface area contributed by atoms with Crippen molar-refractivity contribution < 1.29 is 9.50 Å². The van der Waals surface area contributed by atoms with E-state index in [9.17, 15) is 9.50 Å². The lowest BCUT2D eigenvalue weighted by Crippen LogP contribution is -2.38. The zero-order valence-electron chi connectivity index (χ0n) is 13.1. The Labute approximate surface area is 145 Å². The number of nitrogens with one attached hydrogen (secondary N) is 1. The first-order valence-electron chi connectivity index (χ1n) is 7.53. The second kappa shape index (κ2) is 7.86. The smallest absolute Gasteiger partial charge is 0.123 e. The average Bonchev–Trinajstić information content (AvgIpc) is 2.54. The van der Waals surface area contributed by atoms with Crippen LogP contribution in [0.4, 0.5) is 4.39 Å². The molecule has 23 heavy (non-hydrogen) atoms. The Kier molecular flexibility index (Phi) is 6.10. The van der Waals surface area contributed by atoms with E-state index in [1.54, 1.807) is 18.2 Å².